The van der Waals surface area contributed by atoms with E-state index >= 15 is 0 Å². The van der Waals surface area contributed by atoms with E-state index in [1.165, 1.54) is 25.7 Å². The summed E-state index contributed by atoms with van der Waals surface area (Å²) in [4.78, 5) is 14.2. The second kappa shape index (κ2) is 6.39. The average molecular weight is 240 g/mol. The molecule has 100 valence electrons. The number of nitrogens with zero attached hydrogens (tertiary/aromatic N) is 1. The highest BCUT2D eigenvalue weighted by Crippen LogP contribution is 2.25. The van der Waals surface area contributed by atoms with E-state index in [1.807, 2.05) is 11.9 Å². The summed E-state index contributed by atoms with van der Waals surface area (Å²) in [7, 11) is 1.92. The molecule has 2 N–H and O–H groups in total. The van der Waals surface area contributed by atoms with Crippen molar-refractivity contribution in [3.63, 3.8) is 0 Å². The van der Waals surface area contributed by atoms with Crippen LogP contribution in [-0.4, -0.2) is 30.9 Å². The third kappa shape index (κ3) is 4.66. The van der Waals surface area contributed by atoms with Gasteiger partial charge < -0.3 is 10.6 Å². The molecule has 0 heterocycles. The zero-order chi connectivity index (χ0) is 12.9. The van der Waals surface area contributed by atoms with Gasteiger partial charge in [-0.1, -0.05) is 39.5 Å². The van der Waals surface area contributed by atoms with Gasteiger partial charge in [0.05, 0.1) is 0 Å². The molecule has 3 heteroatoms. The van der Waals surface area contributed by atoms with Crippen LogP contribution in [0.15, 0.2) is 0 Å². The summed E-state index contributed by atoms with van der Waals surface area (Å²) in [6.45, 7) is 5.61. The molecule has 0 aromatic rings. The van der Waals surface area contributed by atoms with Gasteiger partial charge in [0.1, 0.15) is 0 Å². The van der Waals surface area contributed by atoms with E-state index in [-0.39, 0.29) is 11.3 Å². The molecule has 1 rings (SSSR count). The molecule has 0 radical (unpaired) electrons. The zero-order valence-corrected chi connectivity index (χ0v) is 11.7. The van der Waals surface area contributed by atoms with Crippen molar-refractivity contribution in [3.05, 3.63) is 0 Å². The molecule has 1 aliphatic carbocycles. The molecule has 0 unspecified atom stereocenters. The Bertz CT molecular complexity index is 243. The summed E-state index contributed by atoms with van der Waals surface area (Å²) in [5.74, 6) is 0.587. The standard InChI is InChI=1S/C14H28N2O/c1-14(2,10-15)11-16(3)13(17)12-8-6-4-5-7-9-12/h12H,4-11,15H2,1-3H3. The molecule has 0 aromatic carbocycles. The third-order valence-electron chi connectivity index (χ3n) is 3.80. The first-order valence-electron chi connectivity index (χ1n) is 6.91. The van der Waals surface area contributed by atoms with Crippen LogP contribution in [0.5, 0.6) is 0 Å². The Kier molecular flexibility index (Phi) is 5.44. The van der Waals surface area contributed by atoms with Crippen molar-refractivity contribution in [3.8, 4) is 0 Å². The first-order chi connectivity index (χ1) is 7.96. The van der Waals surface area contributed by atoms with Crippen molar-refractivity contribution in [2.45, 2.75) is 52.4 Å². The fourth-order valence-corrected chi connectivity index (χ4v) is 2.62. The lowest BCUT2D eigenvalue weighted by Crippen LogP contribution is -2.42. The molecule has 17 heavy (non-hydrogen) atoms. The second-order valence-electron chi connectivity index (χ2n) is 6.25. The van der Waals surface area contributed by atoms with Crippen LogP contribution in [0.4, 0.5) is 0 Å². The van der Waals surface area contributed by atoms with Gasteiger partial charge in [-0.25, -0.2) is 0 Å². The summed E-state index contributed by atoms with van der Waals surface area (Å²) in [6.07, 6.45) is 7.16. The van der Waals surface area contributed by atoms with Crippen LogP contribution in [0, 0.1) is 11.3 Å². The summed E-state index contributed by atoms with van der Waals surface area (Å²) in [5, 5.41) is 0. The second-order valence-corrected chi connectivity index (χ2v) is 6.25. The molecular weight excluding hydrogens is 212 g/mol. The summed E-state index contributed by atoms with van der Waals surface area (Å²) in [5.41, 5.74) is 5.74. The number of hydrogen-bond donors (Lipinski definition) is 1. The molecule has 1 fully saturated rings. The van der Waals surface area contributed by atoms with Crippen LogP contribution in [0.2, 0.25) is 0 Å². The van der Waals surface area contributed by atoms with Crippen molar-refractivity contribution in [1.82, 2.24) is 4.90 Å². The Morgan fingerprint density at radius 1 is 1.24 bits per heavy atom. The monoisotopic (exact) mass is 240 g/mol. The minimum Gasteiger partial charge on any atom is -0.345 e. The molecule has 1 aliphatic rings. The van der Waals surface area contributed by atoms with E-state index in [9.17, 15) is 4.79 Å². The van der Waals surface area contributed by atoms with Gasteiger partial charge in [0.25, 0.3) is 0 Å². The van der Waals surface area contributed by atoms with Gasteiger partial charge in [0.15, 0.2) is 0 Å². The number of amides is 1. The Labute approximate surface area is 106 Å². The van der Waals surface area contributed by atoms with E-state index < -0.39 is 0 Å². The van der Waals surface area contributed by atoms with Crippen molar-refractivity contribution in [1.29, 1.82) is 0 Å². The lowest BCUT2D eigenvalue weighted by atomic mass is 9.92. The lowest BCUT2D eigenvalue weighted by Gasteiger charge is -2.31. The van der Waals surface area contributed by atoms with E-state index in [4.69, 9.17) is 5.73 Å². The molecule has 0 atom stereocenters. The number of nitrogens with two attached hydrogens (primary N) is 1. The van der Waals surface area contributed by atoms with Crippen molar-refractivity contribution in [2.24, 2.45) is 17.1 Å². The zero-order valence-electron chi connectivity index (χ0n) is 11.7. The van der Waals surface area contributed by atoms with Gasteiger partial charge in [0.2, 0.25) is 5.91 Å². The molecule has 0 aromatic heterocycles. The smallest absolute Gasteiger partial charge is 0.225 e. The van der Waals surface area contributed by atoms with Gasteiger partial charge in [-0.15, -0.1) is 0 Å². The Hall–Kier alpha value is -0.570. The van der Waals surface area contributed by atoms with Crippen molar-refractivity contribution in [2.75, 3.05) is 20.1 Å². The maximum atomic E-state index is 12.3. The average Bonchev–Trinajstić information content (AvgIpc) is 2.56. The van der Waals surface area contributed by atoms with E-state index in [2.05, 4.69) is 13.8 Å². The van der Waals surface area contributed by atoms with Gasteiger partial charge in [0, 0.05) is 19.5 Å². The quantitative estimate of drug-likeness (QED) is 0.767. The minimum absolute atomic E-state index is 0.0230. The van der Waals surface area contributed by atoms with Gasteiger partial charge >= 0.3 is 0 Å². The maximum Gasteiger partial charge on any atom is 0.225 e. The summed E-state index contributed by atoms with van der Waals surface area (Å²) >= 11 is 0. The lowest BCUT2D eigenvalue weighted by molar-refractivity contribution is -0.135. The molecule has 0 aliphatic heterocycles. The number of carbonyl (C=O) groups excluding carboxylic acids is 1. The summed E-state index contributed by atoms with van der Waals surface area (Å²) < 4.78 is 0. The fraction of sp³-hybridized carbons (Fsp3) is 0.929. The first kappa shape index (κ1) is 14.5. The molecule has 0 saturated heterocycles. The predicted octanol–water partition coefficient (Wildman–Crippen LogP) is 2.40. The molecule has 0 spiro atoms. The molecule has 1 saturated carbocycles. The molecule has 3 nitrogen and oxygen atoms in total. The Morgan fingerprint density at radius 3 is 2.24 bits per heavy atom. The van der Waals surface area contributed by atoms with Crippen molar-refractivity contribution >= 4 is 5.91 Å². The Balaban J connectivity index is 2.50. The van der Waals surface area contributed by atoms with Crippen molar-refractivity contribution < 1.29 is 4.79 Å². The first-order valence-corrected chi connectivity index (χ1v) is 6.91. The van der Waals surface area contributed by atoms with Gasteiger partial charge in [-0.3, -0.25) is 4.79 Å². The topological polar surface area (TPSA) is 46.3 Å². The van der Waals surface area contributed by atoms with Crippen LogP contribution >= 0.6 is 0 Å². The summed E-state index contributed by atoms with van der Waals surface area (Å²) in [6, 6.07) is 0. The highest BCUT2D eigenvalue weighted by Gasteiger charge is 2.26. The van der Waals surface area contributed by atoms with Gasteiger partial charge in [-0.2, -0.15) is 0 Å². The van der Waals surface area contributed by atoms with Crippen LogP contribution < -0.4 is 5.73 Å². The predicted molar refractivity (Wildman–Crippen MR) is 71.7 cm³/mol. The molecule has 1 amide bonds. The van der Waals surface area contributed by atoms with Crippen LogP contribution in [0.3, 0.4) is 0 Å². The third-order valence-corrected chi connectivity index (χ3v) is 3.80. The normalized spacial score (nSPS) is 18.8. The van der Waals surface area contributed by atoms with E-state index in [0.717, 1.165) is 19.4 Å². The molecule has 0 bridgehead atoms. The van der Waals surface area contributed by atoms with Gasteiger partial charge in [-0.05, 0) is 24.8 Å². The number of rotatable bonds is 4. The fourth-order valence-electron chi connectivity index (χ4n) is 2.62. The number of hydrogen-bond acceptors (Lipinski definition) is 2. The molecular formula is C14H28N2O. The number of carbonyl (C=O) groups is 1. The highest BCUT2D eigenvalue weighted by molar-refractivity contribution is 5.78. The van der Waals surface area contributed by atoms with E-state index in [0.29, 0.717) is 12.5 Å². The van der Waals surface area contributed by atoms with Crippen LogP contribution in [-0.2, 0) is 4.79 Å². The van der Waals surface area contributed by atoms with E-state index in [1.54, 1.807) is 0 Å². The Morgan fingerprint density at radius 2 is 1.76 bits per heavy atom. The highest BCUT2D eigenvalue weighted by atomic mass is 16.2. The van der Waals surface area contributed by atoms with Crippen LogP contribution in [0.25, 0.3) is 0 Å². The largest absolute Gasteiger partial charge is 0.345 e. The SMILES string of the molecule is CN(CC(C)(C)CN)C(=O)C1CCCCCC1. The minimum atomic E-state index is 0.0230. The van der Waals surface area contributed by atoms with Crippen LogP contribution in [0.1, 0.15) is 52.4 Å². The maximum absolute atomic E-state index is 12.3.